The van der Waals surface area contributed by atoms with Gasteiger partial charge in [-0.15, -0.1) is 15.6 Å². The van der Waals surface area contributed by atoms with Crippen molar-refractivity contribution in [3.05, 3.63) is 40.9 Å². The number of carbonyl (C=O) groups excluding carboxylic acids is 2. The number of aromatic nitrogens is 1. The van der Waals surface area contributed by atoms with E-state index in [9.17, 15) is 27.9 Å². The maximum absolute atomic E-state index is 13.2. The zero-order valence-corrected chi connectivity index (χ0v) is 24.4. The van der Waals surface area contributed by atoms with E-state index in [0.717, 1.165) is 17.8 Å². The van der Waals surface area contributed by atoms with Gasteiger partial charge in [-0.3, -0.25) is 19.1 Å². The van der Waals surface area contributed by atoms with Crippen molar-refractivity contribution >= 4 is 56.1 Å². The highest BCUT2D eigenvalue weighted by Gasteiger charge is 2.57. The minimum Gasteiger partial charge on any atom is -0.489 e. The molecule has 0 bridgehead atoms. The molecule has 1 saturated carbocycles. The van der Waals surface area contributed by atoms with Crippen LogP contribution in [0.25, 0.3) is 0 Å². The van der Waals surface area contributed by atoms with Crippen molar-refractivity contribution in [2.45, 2.75) is 50.4 Å². The Morgan fingerprint density at radius 1 is 1.28 bits per heavy atom. The number of Topliss-reactive ketones (excluding diaryl/α,β-unsaturated/α-hetero) is 1. The molecule has 1 aromatic heterocycles. The summed E-state index contributed by atoms with van der Waals surface area (Å²) in [6.45, 7) is 2.33. The van der Waals surface area contributed by atoms with E-state index in [1.54, 1.807) is 24.3 Å². The number of nitrogens with two attached hydrogens (primary N) is 3. The van der Waals surface area contributed by atoms with Gasteiger partial charge in [-0.2, -0.15) is 13.5 Å². The summed E-state index contributed by atoms with van der Waals surface area (Å²) in [6.07, 6.45) is -1.40. The molecule has 1 saturated heterocycles. The van der Waals surface area contributed by atoms with Crippen LogP contribution < -0.4 is 21.9 Å². The summed E-state index contributed by atoms with van der Waals surface area (Å²) in [5.74, 6) is -3.59. The van der Waals surface area contributed by atoms with Gasteiger partial charge in [0.1, 0.15) is 23.9 Å². The van der Waals surface area contributed by atoms with Crippen LogP contribution in [0.2, 0.25) is 0 Å². The number of thiazole rings is 1. The van der Waals surface area contributed by atoms with Crippen LogP contribution in [0, 0.1) is 5.92 Å². The molecule has 4 rings (SSSR count). The summed E-state index contributed by atoms with van der Waals surface area (Å²) in [5, 5.41) is 15.3. The summed E-state index contributed by atoms with van der Waals surface area (Å²) >= 11 is 0.978. The standard InChI is InChI=1S/C24H29N7O10S2/c1-24(2)13(21(33)31(24)41-43(36,37)38)7-17(32)19(16-10-42-23(27)29-16)30-40-18(22(34)35)9-39-12-5-3-11(4-6-12)20(26)28-15-8-14(15)25/h3-6,10,13-15,18H,7-9,25H2,1-2H3,(H2,26,28)(H2,27,29)(H,34,35)(H,36,37,38)/b30-19-/t13-,14?,15?,18+/m1/s1. The van der Waals surface area contributed by atoms with E-state index in [-0.39, 0.29) is 22.9 Å². The number of benzene rings is 1. The topological polar surface area (TPSA) is 272 Å². The van der Waals surface area contributed by atoms with Gasteiger partial charge < -0.3 is 31.9 Å². The van der Waals surface area contributed by atoms with Gasteiger partial charge in [0.05, 0.1) is 17.5 Å². The van der Waals surface area contributed by atoms with Crippen molar-refractivity contribution in [3.8, 4) is 5.75 Å². The smallest absolute Gasteiger partial charge is 0.418 e. The fourth-order valence-electron chi connectivity index (χ4n) is 4.05. The number of carboxylic acid groups (broad SMARTS) is 1. The maximum atomic E-state index is 13.2. The second kappa shape index (κ2) is 12.2. The minimum absolute atomic E-state index is 0.00283. The SMILES string of the molecule is CC1(C)[C@H](CC(=O)/C(=N\O[C@@H](COc2ccc(C(N)=NC3CC3N)cc2)C(=O)O)c2csc(N)n2)C(=O)N1OS(=O)(=O)O. The van der Waals surface area contributed by atoms with Gasteiger partial charge in [0.2, 0.25) is 0 Å². The monoisotopic (exact) mass is 639 g/mol. The third kappa shape index (κ3) is 7.62. The van der Waals surface area contributed by atoms with Crippen LogP contribution in [-0.4, -0.2) is 87.7 Å². The number of rotatable bonds is 14. The maximum Gasteiger partial charge on any atom is 0.418 e. The first kappa shape index (κ1) is 31.8. The van der Waals surface area contributed by atoms with Crippen LogP contribution in [0.5, 0.6) is 5.75 Å². The Balaban J connectivity index is 1.44. The molecule has 0 spiro atoms. The van der Waals surface area contributed by atoms with E-state index in [1.807, 2.05) is 0 Å². The highest BCUT2D eigenvalue weighted by molar-refractivity contribution is 7.80. The number of aliphatic imine (C=N–C) groups is 1. The van der Waals surface area contributed by atoms with Crippen molar-refractivity contribution in [1.29, 1.82) is 0 Å². The predicted octanol–water partition coefficient (Wildman–Crippen LogP) is -0.286. The number of anilines is 1. The first-order valence-corrected chi connectivity index (χ1v) is 14.9. The molecule has 8 N–H and O–H groups in total. The Bertz CT molecular complexity index is 1570. The lowest BCUT2D eigenvalue weighted by Crippen LogP contribution is -2.68. The number of aliphatic carboxylic acids is 1. The molecule has 19 heteroatoms. The van der Waals surface area contributed by atoms with Gasteiger partial charge in [-0.05, 0) is 44.5 Å². The molecule has 1 aliphatic heterocycles. The molecule has 2 aromatic rings. The van der Waals surface area contributed by atoms with Gasteiger partial charge >= 0.3 is 16.4 Å². The fourth-order valence-corrected chi connectivity index (χ4v) is 5.05. The average molecular weight is 640 g/mol. The molecule has 2 aliphatic rings. The summed E-state index contributed by atoms with van der Waals surface area (Å²) in [6, 6.07) is 6.41. The Labute approximate surface area is 249 Å². The van der Waals surface area contributed by atoms with E-state index in [4.69, 9.17) is 31.3 Å². The lowest BCUT2D eigenvalue weighted by atomic mass is 9.74. The molecule has 1 aromatic carbocycles. The third-order valence-corrected chi connectivity index (χ3v) is 7.68. The van der Waals surface area contributed by atoms with Gasteiger partial charge in [0.15, 0.2) is 16.6 Å². The van der Waals surface area contributed by atoms with E-state index >= 15 is 0 Å². The van der Waals surface area contributed by atoms with E-state index in [2.05, 4.69) is 19.4 Å². The number of β-lactam (4-membered cyclic amide) rings is 1. The second-order valence-electron chi connectivity index (χ2n) is 10.2. The van der Waals surface area contributed by atoms with Crippen LogP contribution in [0.1, 0.15) is 37.9 Å². The third-order valence-electron chi connectivity index (χ3n) is 6.67. The number of carbonyl (C=O) groups is 3. The summed E-state index contributed by atoms with van der Waals surface area (Å²) in [4.78, 5) is 51.1. The Morgan fingerprint density at radius 3 is 2.44 bits per heavy atom. The number of hydrogen-bond acceptors (Lipinski definition) is 14. The number of oxime groups is 1. The Morgan fingerprint density at radius 2 is 1.93 bits per heavy atom. The number of ether oxygens (including phenoxy) is 1. The molecule has 43 heavy (non-hydrogen) atoms. The normalized spacial score (nSPS) is 22.5. The molecule has 1 amide bonds. The van der Waals surface area contributed by atoms with Crippen LogP contribution in [0.4, 0.5) is 5.13 Å². The largest absolute Gasteiger partial charge is 0.489 e. The number of nitrogen functional groups attached to an aromatic ring is 1. The summed E-state index contributed by atoms with van der Waals surface area (Å²) in [5.41, 5.74) is 16.3. The zero-order valence-electron chi connectivity index (χ0n) is 22.8. The number of hydroxylamine groups is 2. The van der Waals surface area contributed by atoms with E-state index in [0.29, 0.717) is 22.2 Å². The van der Waals surface area contributed by atoms with Crippen LogP contribution in [0.15, 0.2) is 39.8 Å². The first-order chi connectivity index (χ1) is 20.1. The van der Waals surface area contributed by atoms with Crippen molar-refractivity contribution in [3.63, 3.8) is 0 Å². The lowest BCUT2D eigenvalue weighted by Gasteiger charge is -2.50. The molecule has 232 valence electrons. The highest BCUT2D eigenvalue weighted by atomic mass is 32.3. The van der Waals surface area contributed by atoms with Crippen LogP contribution >= 0.6 is 11.3 Å². The molecule has 1 aliphatic carbocycles. The molecule has 2 unspecified atom stereocenters. The number of hydrogen-bond donors (Lipinski definition) is 5. The van der Waals surface area contributed by atoms with E-state index < -0.39 is 64.4 Å². The second-order valence-corrected chi connectivity index (χ2v) is 12.1. The van der Waals surface area contributed by atoms with Crippen molar-refractivity contribution < 1.29 is 46.3 Å². The Kier molecular flexibility index (Phi) is 9.02. The predicted molar refractivity (Wildman–Crippen MR) is 151 cm³/mol. The van der Waals surface area contributed by atoms with Gasteiger partial charge in [-0.25, -0.2) is 9.78 Å². The molecule has 4 atom stereocenters. The first-order valence-electron chi connectivity index (χ1n) is 12.6. The molecule has 0 radical (unpaired) electrons. The number of ketones is 1. The number of nitrogens with zero attached hydrogens (tertiary/aromatic N) is 4. The zero-order chi connectivity index (χ0) is 31.7. The number of amidine groups is 1. The number of carboxylic acids is 1. The number of amides is 1. The fraction of sp³-hybridized carbons (Fsp3) is 0.417. The quantitative estimate of drug-likeness (QED) is 0.0584. The molecule has 2 heterocycles. The average Bonchev–Trinajstić information content (AvgIpc) is 3.45. The lowest BCUT2D eigenvalue weighted by molar-refractivity contribution is -0.228. The van der Waals surface area contributed by atoms with Crippen LogP contribution in [-0.2, 0) is 33.9 Å². The molecular weight excluding hydrogens is 610 g/mol. The van der Waals surface area contributed by atoms with Gasteiger partial charge in [0.25, 0.3) is 12.0 Å². The highest BCUT2D eigenvalue weighted by Crippen LogP contribution is 2.40. The molecule has 17 nitrogen and oxygen atoms in total. The van der Waals surface area contributed by atoms with Crippen molar-refractivity contribution in [2.75, 3.05) is 12.3 Å². The molecular formula is C24H29N7O10S2. The Hall–Kier alpha value is -4.17. The van der Waals surface area contributed by atoms with E-state index in [1.165, 1.54) is 19.2 Å². The minimum atomic E-state index is -4.99. The summed E-state index contributed by atoms with van der Waals surface area (Å²) < 4.78 is 40.9. The van der Waals surface area contributed by atoms with Crippen molar-refractivity contribution in [2.24, 2.45) is 27.5 Å². The van der Waals surface area contributed by atoms with Gasteiger partial charge in [0, 0.05) is 23.4 Å². The van der Waals surface area contributed by atoms with Crippen LogP contribution in [0.3, 0.4) is 0 Å². The van der Waals surface area contributed by atoms with Crippen molar-refractivity contribution in [1.82, 2.24) is 10.0 Å². The molecule has 2 fully saturated rings. The summed E-state index contributed by atoms with van der Waals surface area (Å²) in [7, 11) is -4.99. The van der Waals surface area contributed by atoms with Gasteiger partial charge in [-0.1, -0.05) is 5.16 Å².